The second kappa shape index (κ2) is 9.88. The molecule has 3 amide bonds. The molecule has 2 aliphatic rings. The summed E-state index contributed by atoms with van der Waals surface area (Å²) in [5, 5.41) is 4.64. The Labute approximate surface area is 164 Å². The predicted molar refractivity (Wildman–Crippen MR) is 106 cm³/mol. The Morgan fingerprint density at radius 2 is 1.63 bits per heavy atom. The largest absolute Gasteiger partial charge is 0.351 e. The zero-order valence-electron chi connectivity index (χ0n) is 15.8. The van der Waals surface area contributed by atoms with Gasteiger partial charge in [-0.2, -0.15) is 0 Å². The van der Waals surface area contributed by atoms with Gasteiger partial charge in [-0.1, -0.05) is 31.7 Å². The summed E-state index contributed by atoms with van der Waals surface area (Å²) in [5.74, 6) is 0.883. The number of carbonyl (C=O) groups is 3. The normalized spacial score (nSPS) is 17.9. The van der Waals surface area contributed by atoms with Gasteiger partial charge in [0.2, 0.25) is 11.8 Å². The number of carbonyl (C=O) groups excluding carboxylic acids is 3. The minimum absolute atomic E-state index is 0.0412. The van der Waals surface area contributed by atoms with E-state index in [-0.39, 0.29) is 17.7 Å². The number of amides is 3. The van der Waals surface area contributed by atoms with E-state index in [9.17, 15) is 14.4 Å². The summed E-state index contributed by atoms with van der Waals surface area (Å²) >= 11 is 1.39. The van der Waals surface area contributed by atoms with Crippen LogP contribution >= 0.6 is 11.3 Å². The molecule has 0 atom stereocenters. The topological polar surface area (TPSA) is 69.7 Å². The summed E-state index contributed by atoms with van der Waals surface area (Å²) in [6.07, 6.45) is 7.14. The van der Waals surface area contributed by atoms with E-state index in [1.54, 1.807) is 11.0 Å². The zero-order valence-corrected chi connectivity index (χ0v) is 16.6. The summed E-state index contributed by atoms with van der Waals surface area (Å²) in [7, 11) is 0. The molecular formula is C20H29N3O3S. The molecule has 1 aromatic rings. The van der Waals surface area contributed by atoms with E-state index in [2.05, 4.69) is 5.32 Å². The molecule has 1 aliphatic heterocycles. The molecule has 27 heavy (non-hydrogen) atoms. The average molecular weight is 392 g/mol. The fraction of sp³-hybridized carbons (Fsp3) is 0.650. The van der Waals surface area contributed by atoms with E-state index < -0.39 is 0 Å². The third-order valence-electron chi connectivity index (χ3n) is 5.60. The van der Waals surface area contributed by atoms with Crippen molar-refractivity contribution in [1.82, 2.24) is 15.1 Å². The van der Waals surface area contributed by atoms with Gasteiger partial charge in [-0.3, -0.25) is 14.4 Å². The van der Waals surface area contributed by atoms with Gasteiger partial charge in [0.1, 0.15) is 0 Å². The fourth-order valence-corrected chi connectivity index (χ4v) is 4.57. The maximum absolute atomic E-state index is 12.4. The molecule has 148 valence electrons. The van der Waals surface area contributed by atoms with Crippen LogP contribution in [-0.4, -0.2) is 60.2 Å². The maximum atomic E-state index is 12.4. The number of nitrogens with one attached hydrogen (secondary N) is 1. The molecule has 1 saturated carbocycles. The molecule has 0 bridgehead atoms. The van der Waals surface area contributed by atoms with Gasteiger partial charge in [0.05, 0.1) is 4.88 Å². The van der Waals surface area contributed by atoms with Gasteiger partial charge in [0, 0.05) is 45.6 Å². The first kappa shape index (κ1) is 19.9. The van der Waals surface area contributed by atoms with Crippen LogP contribution in [-0.2, 0) is 9.59 Å². The molecular weight excluding hydrogens is 362 g/mol. The molecule has 0 aromatic carbocycles. The van der Waals surface area contributed by atoms with Crippen LogP contribution in [0.15, 0.2) is 17.5 Å². The van der Waals surface area contributed by atoms with Crippen LogP contribution in [0.25, 0.3) is 0 Å². The van der Waals surface area contributed by atoms with Gasteiger partial charge in [-0.25, -0.2) is 0 Å². The highest BCUT2D eigenvalue weighted by atomic mass is 32.1. The van der Waals surface area contributed by atoms with Crippen molar-refractivity contribution in [3.8, 4) is 0 Å². The molecule has 2 fully saturated rings. The first-order valence-corrected chi connectivity index (χ1v) is 10.9. The average Bonchev–Trinajstić information content (AvgIpc) is 3.40. The molecule has 1 saturated heterocycles. The Balaban J connectivity index is 1.31. The Morgan fingerprint density at radius 1 is 1.00 bits per heavy atom. The maximum Gasteiger partial charge on any atom is 0.261 e. The molecule has 0 radical (unpaired) electrons. The number of piperazine rings is 1. The molecule has 1 N–H and O–H groups in total. The second-order valence-corrected chi connectivity index (χ2v) is 8.38. The van der Waals surface area contributed by atoms with Crippen molar-refractivity contribution < 1.29 is 14.4 Å². The SMILES string of the molecule is O=C(NCCC(=O)N1CCN(C(=O)CCC2CCCC2)CC1)c1cccs1. The number of nitrogens with zero attached hydrogens (tertiary/aromatic N) is 2. The van der Waals surface area contributed by atoms with Crippen molar-refractivity contribution in [1.29, 1.82) is 0 Å². The van der Waals surface area contributed by atoms with E-state index in [0.29, 0.717) is 50.4 Å². The van der Waals surface area contributed by atoms with Crippen molar-refractivity contribution in [3.63, 3.8) is 0 Å². The summed E-state index contributed by atoms with van der Waals surface area (Å²) in [5.41, 5.74) is 0. The van der Waals surface area contributed by atoms with E-state index >= 15 is 0 Å². The summed E-state index contributed by atoms with van der Waals surface area (Å²) in [4.78, 5) is 40.9. The lowest BCUT2D eigenvalue weighted by atomic mass is 10.0. The van der Waals surface area contributed by atoms with Crippen molar-refractivity contribution in [2.45, 2.75) is 44.9 Å². The summed E-state index contributed by atoms with van der Waals surface area (Å²) < 4.78 is 0. The molecule has 3 rings (SSSR count). The highest BCUT2D eigenvalue weighted by Crippen LogP contribution is 2.28. The molecule has 1 aliphatic carbocycles. The zero-order chi connectivity index (χ0) is 19.1. The number of rotatable bonds is 7. The smallest absolute Gasteiger partial charge is 0.261 e. The first-order chi connectivity index (χ1) is 13.1. The van der Waals surface area contributed by atoms with Crippen LogP contribution < -0.4 is 5.32 Å². The van der Waals surface area contributed by atoms with Crippen LogP contribution in [0, 0.1) is 5.92 Å². The minimum atomic E-state index is -0.129. The van der Waals surface area contributed by atoms with E-state index in [4.69, 9.17) is 0 Å². The van der Waals surface area contributed by atoms with Crippen LogP contribution in [0.4, 0.5) is 0 Å². The van der Waals surface area contributed by atoms with Gasteiger partial charge >= 0.3 is 0 Å². The first-order valence-electron chi connectivity index (χ1n) is 10.0. The van der Waals surface area contributed by atoms with E-state index in [1.807, 2.05) is 16.3 Å². The molecule has 0 spiro atoms. The van der Waals surface area contributed by atoms with Gasteiger partial charge in [-0.15, -0.1) is 11.3 Å². The summed E-state index contributed by atoms with van der Waals surface area (Å²) in [6, 6.07) is 3.60. The van der Waals surface area contributed by atoms with Gasteiger partial charge in [0.15, 0.2) is 0 Å². The molecule has 2 heterocycles. The van der Waals surface area contributed by atoms with E-state index in [0.717, 1.165) is 12.3 Å². The third-order valence-corrected chi connectivity index (χ3v) is 6.46. The van der Waals surface area contributed by atoms with Crippen LogP contribution in [0.3, 0.4) is 0 Å². The number of hydrogen-bond donors (Lipinski definition) is 1. The highest BCUT2D eigenvalue weighted by molar-refractivity contribution is 7.12. The van der Waals surface area contributed by atoms with Crippen molar-refractivity contribution in [2.24, 2.45) is 5.92 Å². The van der Waals surface area contributed by atoms with Crippen molar-refractivity contribution in [2.75, 3.05) is 32.7 Å². The Kier molecular flexibility index (Phi) is 7.26. The summed E-state index contributed by atoms with van der Waals surface area (Å²) in [6.45, 7) is 2.77. The molecule has 1 aromatic heterocycles. The lowest BCUT2D eigenvalue weighted by Crippen LogP contribution is -2.51. The quantitative estimate of drug-likeness (QED) is 0.776. The lowest BCUT2D eigenvalue weighted by Gasteiger charge is -2.35. The Bertz CT molecular complexity index is 633. The molecule has 0 unspecified atom stereocenters. The van der Waals surface area contributed by atoms with E-state index in [1.165, 1.54) is 37.0 Å². The van der Waals surface area contributed by atoms with Crippen molar-refractivity contribution in [3.05, 3.63) is 22.4 Å². The molecule has 7 heteroatoms. The lowest BCUT2D eigenvalue weighted by molar-refractivity contribution is -0.139. The predicted octanol–water partition coefficient (Wildman–Crippen LogP) is 2.51. The van der Waals surface area contributed by atoms with Crippen LogP contribution in [0.5, 0.6) is 0 Å². The van der Waals surface area contributed by atoms with Gasteiger partial charge < -0.3 is 15.1 Å². The monoisotopic (exact) mass is 391 g/mol. The van der Waals surface area contributed by atoms with Crippen LogP contribution in [0.1, 0.15) is 54.6 Å². The Morgan fingerprint density at radius 3 is 2.22 bits per heavy atom. The number of hydrogen-bond acceptors (Lipinski definition) is 4. The standard InChI is InChI=1S/C20H29N3O3S/c24-18(8-7-16-4-1-2-5-16)22-11-13-23(14-12-22)19(25)9-10-21-20(26)17-6-3-15-27-17/h3,6,15-16H,1-2,4-5,7-14H2,(H,21,26). The highest BCUT2D eigenvalue weighted by Gasteiger charge is 2.25. The fourth-order valence-electron chi connectivity index (χ4n) is 3.93. The van der Waals surface area contributed by atoms with Crippen LogP contribution in [0.2, 0.25) is 0 Å². The van der Waals surface area contributed by atoms with Gasteiger partial charge in [0.25, 0.3) is 5.91 Å². The minimum Gasteiger partial charge on any atom is -0.351 e. The Hall–Kier alpha value is -1.89. The number of thiophene rings is 1. The third kappa shape index (κ3) is 5.79. The second-order valence-electron chi connectivity index (χ2n) is 7.43. The van der Waals surface area contributed by atoms with Crippen molar-refractivity contribution >= 4 is 29.1 Å². The van der Waals surface area contributed by atoms with Gasteiger partial charge in [-0.05, 0) is 23.8 Å². The molecule has 6 nitrogen and oxygen atoms in total.